The normalized spacial score (nSPS) is 10.2. The third-order valence-electron chi connectivity index (χ3n) is 2.10. The summed E-state index contributed by atoms with van der Waals surface area (Å²) < 4.78 is 10.7. The summed E-state index contributed by atoms with van der Waals surface area (Å²) in [5.41, 5.74) is 6.60. The van der Waals surface area contributed by atoms with Crippen LogP contribution in [-0.4, -0.2) is 0 Å². The first kappa shape index (κ1) is 9.80. The molecular weight excluding hydrogens is 190 g/mol. The topological polar surface area (TPSA) is 48.4 Å². The first-order valence-electron chi connectivity index (χ1n) is 4.82. The molecule has 0 amide bonds. The van der Waals surface area contributed by atoms with Crippen molar-refractivity contribution in [3.63, 3.8) is 0 Å². The Morgan fingerprint density at radius 2 is 2.13 bits per heavy atom. The molecule has 2 aromatic rings. The molecule has 0 aliphatic carbocycles. The van der Waals surface area contributed by atoms with Crippen LogP contribution in [0.2, 0.25) is 0 Å². The Kier molecular flexibility index (Phi) is 3.05. The van der Waals surface area contributed by atoms with Gasteiger partial charge in [0.1, 0.15) is 18.1 Å². The van der Waals surface area contributed by atoms with Crippen LogP contribution in [0.4, 0.5) is 0 Å². The van der Waals surface area contributed by atoms with Crippen LogP contribution in [0.15, 0.2) is 47.1 Å². The molecule has 3 nitrogen and oxygen atoms in total. The van der Waals surface area contributed by atoms with Crippen molar-refractivity contribution in [2.75, 3.05) is 0 Å². The molecule has 0 radical (unpaired) electrons. The lowest BCUT2D eigenvalue weighted by atomic mass is 10.2. The molecule has 2 N–H and O–H groups in total. The first-order chi connectivity index (χ1) is 7.38. The van der Waals surface area contributed by atoms with Crippen LogP contribution < -0.4 is 10.5 Å². The SMILES string of the molecule is NCc1cccc(OCc2ccco2)c1. The van der Waals surface area contributed by atoms with Gasteiger partial charge in [-0.3, -0.25) is 0 Å². The third-order valence-corrected chi connectivity index (χ3v) is 2.10. The standard InChI is InChI=1S/C12H13NO2/c13-8-10-3-1-4-11(7-10)15-9-12-5-2-6-14-12/h1-7H,8-9,13H2. The fraction of sp³-hybridized carbons (Fsp3) is 0.167. The summed E-state index contributed by atoms with van der Waals surface area (Å²) in [5, 5.41) is 0. The summed E-state index contributed by atoms with van der Waals surface area (Å²) in [4.78, 5) is 0. The molecule has 15 heavy (non-hydrogen) atoms. The van der Waals surface area contributed by atoms with E-state index in [9.17, 15) is 0 Å². The maximum atomic E-state index is 5.54. The van der Waals surface area contributed by atoms with Crippen molar-refractivity contribution in [2.24, 2.45) is 5.73 Å². The first-order valence-corrected chi connectivity index (χ1v) is 4.82. The minimum atomic E-state index is 0.445. The molecule has 0 aliphatic heterocycles. The smallest absolute Gasteiger partial charge is 0.146 e. The number of rotatable bonds is 4. The van der Waals surface area contributed by atoms with Crippen molar-refractivity contribution in [3.05, 3.63) is 54.0 Å². The quantitative estimate of drug-likeness (QED) is 0.829. The predicted octanol–water partition coefficient (Wildman–Crippen LogP) is 2.32. The fourth-order valence-electron chi connectivity index (χ4n) is 1.31. The summed E-state index contributed by atoms with van der Waals surface area (Å²) in [6.45, 7) is 0.971. The van der Waals surface area contributed by atoms with Crippen LogP contribution in [0.1, 0.15) is 11.3 Å². The molecule has 0 atom stereocenters. The van der Waals surface area contributed by atoms with Crippen LogP contribution in [0.3, 0.4) is 0 Å². The van der Waals surface area contributed by atoms with Gasteiger partial charge in [0.2, 0.25) is 0 Å². The van der Waals surface area contributed by atoms with Gasteiger partial charge in [0.25, 0.3) is 0 Å². The highest BCUT2D eigenvalue weighted by atomic mass is 16.5. The largest absolute Gasteiger partial charge is 0.486 e. The molecule has 0 saturated heterocycles. The number of nitrogens with two attached hydrogens (primary N) is 1. The molecule has 1 heterocycles. The zero-order valence-electron chi connectivity index (χ0n) is 8.35. The summed E-state index contributed by atoms with van der Waals surface area (Å²) in [5.74, 6) is 1.63. The molecular formula is C12H13NO2. The zero-order valence-corrected chi connectivity index (χ0v) is 8.35. The van der Waals surface area contributed by atoms with E-state index in [0.717, 1.165) is 17.1 Å². The lowest BCUT2D eigenvalue weighted by Gasteiger charge is -2.05. The molecule has 0 aliphatic rings. The Morgan fingerprint density at radius 3 is 2.87 bits per heavy atom. The molecule has 1 aromatic carbocycles. The summed E-state index contributed by atoms with van der Waals surface area (Å²) in [6, 6.07) is 11.5. The summed E-state index contributed by atoms with van der Waals surface area (Å²) in [7, 11) is 0. The van der Waals surface area contributed by atoms with Gasteiger partial charge < -0.3 is 14.9 Å². The van der Waals surface area contributed by atoms with Gasteiger partial charge in [0, 0.05) is 6.54 Å². The highest BCUT2D eigenvalue weighted by molar-refractivity contribution is 5.28. The van der Waals surface area contributed by atoms with Crippen LogP contribution in [0, 0.1) is 0 Å². The van der Waals surface area contributed by atoms with E-state index in [4.69, 9.17) is 14.9 Å². The summed E-state index contributed by atoms with van der Waals surface area (Å²) >= 11 is 0. The molecule has 0 unspecified atom stereocenters. The Bertz CT molecular complexity index is 409. The van der Waals surface area contributed by atoms with Gasteiger partial charge in [-0.1, -0.05) is 12.1 Å². The van der Waals surface area contributed by atoms with Gasteiger partial charge in [-0.2, -0.15) is 0 Å². The Labute approximate surface area is 88.5 Å². The Morgan fingerprint density at radius 1 is 1.20 bits per heavy atom. The minimum Gasteiger partial charge on any atom is -0.486 e. The Hall–Kier alpha value is -1.74. The third kappa shape index (κ3) is 2.60. The van der Waals surface area contributed by atoms with E-state index in [2.05, 4.69) is 0 Å². The summed E-state index contributed by atoms with van der Waals surface area (Å²) in [6.07, 6.45) is 1.63. The van der Waals surface area contributed by atoms with Crippen molar-refractivity contribution in [1.82, 2.24) is 0 Å². The number of hydrogen-bond donors (Lipinski definition) is 1. The van der Waals surface area contributed by atoms with Crippen molar-refractivity contribution < 1.29 is 9.15 Å². The van der Waals surface area contributed by atoms with Crippen molar-refractivity contribution in [3.8, 4) is 5.75 Å². The second-order valence-corrected chi connectivity index (χ2v) is 3.22. The van der Waals surface area contributed by atoms with Crippen LogP contribution in [-0.2, 0) is 13.2 Å². The number of hydrogen-bond acceptors (Lipinski definition) is 3. The highest BCUT2D eigenvalue weighted by Gasteiger charge is 1.98. The fourth-order valence-corrected chi connectivity index (χ4v) is 1.31. The lowest BCUT2D eigenvalue weighted by Crippen LogP contribution is -1.98. The van der Waals surface area contributed by atoms with Gasteiger partial charge in [0.15, 0.2) is 0 Å². The van der Waals surface area contributed by atoms with E-state index >= 15 is 0 Å². The van der Waals surface area contributed by atoms with Gasteiger partial charge in [-0.05, 0) is 29.8 Å². The van der Waals surface area contributed by atoms with Gasteiger partial charge in [-0.15, -0.1) is 0 Å². The lowest BCUT2D eigenvalue weighted by molar-refractivity contribution is 0.270. The molecule has 3 heteroatoms. The molecule has 1 aromatic heterocycles. The molecule has 0 spiro atoms. The molecule has 0 saturated carbocycles. The van der Waals surface area contributed by atoms with E-state index in [-0.39, 0.29) is 0 Å². The number of furan rings is 1. The van der Waals surface area contributed by atoms with Crippen LogP contribution in [0.25, 0.3) is 0 Å². The maximum Gasteiger partial charge on any atom is 0.146 e. The minimum absolute atomic E-state index is 0.445. The van der Waals surface area contributed by atoms with Crippen LogP contribution in [0.5, 0.6) is 5.75 Å². The molecule has 78 valence electrons. The van der Waals surface area contributed by atoms with Gasteiger partial charge in [-0.25, -0.2) is 0 Å². The second-order valence-electron chi connectivity index (χ2n) is 3.22. The number of benzene rings is 1. The maximum absolute atomic E-state index is 5.54. The molecule has 0 bridgehead atoms. The van der Waals surface area contributed by atoms with Crippen molar-refractivity contribution in [1.29, 1.82) is 0 Å². The number of ether oxygens (including phenoxy) is 1. The van der Waals surface area contributed by atoms with E-state index in [0.29, 0.717) is 13.2 Å². The van der Waals surface area contributed by atoms with Gasteiger partial charge >= 0.3 is 0 Å². The second kappa shape index (κ2) is 4.66. The highest BCUT2D eigenvalue weighted by Crippen LogP contribution is 2.14. The molecule has 0 fully saturated rings. The van der Waals surface area contributed by atoms with E-state index in [1.807, 2.05) is 36.4 Å². The average Bonchev–Trinajstić information content (AvgIpc) is 2.79. The van der Waals surface area contributed by atoms with E-state index < -0.39 is 0 Å². The van der Waals surface area contributed by atoms with Crippen LogP contribution >= 0.6 is 0 Å². The Balaban J connectivity index is 1.98. The van der Waals surface area contributed by atoms with E-state index in [1.165, 1.54) is 0 Å². The van der Waals surface area contributed by atoms with Crippen molar-refractivity contribution >= 4 is 0 Å². The monoisotopic (exact) mass is 203 g/mol. The zero-order chi connectivity index (χ0) is 10.5. The predicted molar refractivity (Wildman–Crippen MR) is 57.4 cm³/mol. The average molecular weight is 203 g/mol. The van der Waals surface area contributed by atoms with E-state index in [1.54, 1.807) is 6.26 Å². The molecule has 2 rings (SSSR count). The van der Waals surface area contributed by atoms with Crippen molar-refractivity contribution in [2.45, 2.75) is 13.2 Å². The van der Waals surface area contributed by atoms with Gasteiger partial charge in [0.05, 0.1) is 6.26 Å².